The van der Waals surface area contributed by atoms with Gasteiger partial charge in [0.1, 0.15) is 5.75 Å². The highest BCUT2D eigenvalue weighted by atomic mass is 19.4. The van der Waals surface area contributed by atoms with E-state index >= 15 is 0 Å². The Bertz CT molecular complexity index is 692. The highest BCUT2D eigenvalue weighted by Crippen LogP contribution is 2.27. The fraction of sp³-hybridized carbons (Fsp3) is 0.143. The van der Waals surface area contributed by atoms with Gasteiger partial charge in [-0.25, -0.2) is 4.98 Å². The molecule has 0 saturated carbocycles. The Kier molecular flexibility index (Phi) is 4.08. The van der Waals surface area contributed by atoms with Gasteiger partial charge in [0.05, 0.1) is 18.2 Å². The summed E-state index contributed by atoms with van der Waals surface area (Å²) in [6.07, 6.45) is -4.93. The van der Waals surface area contributed by atoms with Crippen LogP contribution in [0.15, 0.2) is 36.4 Å². The molecule has 1 aromatic carbocycles. The van der Waals surface area contributed by atoms with Crippen molar-refractivity contribution >= 4 is 0 Å². The molecule has 3 nitrogen and oxygen atoms in total. The van der Waals surface area contributed by atoms with E-state index in [4.69, 9.17) is 5.26 Å². The second kappa shape index (κ2) is 5.79. The molecule has 2 rings (SSSR count). The lowest BCUT2D eigenvalue weighted by atomic mass is 10.1. The lowest BCUT2D eigenvalue weighted by Gasteiger charge is -2.10. The monoisotopic (exact) mass is 296 g/mol. The van der Waals surface area contributed by atoms with Gasteiger partial charge >= 0.3 is 6.36 Å². The number of nitrogens with zero attached hydrogens (tertiary/aromatic N) is 2. The Morgan fingerprint density at radius 3 is 2.57 bits per heavy atom. The van der Waals surface area contributed by atoms with E-state index in [1.54, 1.807) is 6.07 Å². The lowest BCUT2D eigenvalue weighted by molar-refractivity contribution is -0.274. The Hall–Kier alpha value is -2.62. The predicted octanol–water partition coefficient (Wildman–Crippen LogP) is 3.85. The van der Waals surface area contributed by atoms with Crippen LogP contribution in [0, 0.1) is 17.3 Å². The molecule has 0 aliphatic heterocycles. The Balaban J connectivity index is 2.32. The molecule has 0 bridgehead atoms. The highest BCUT2D eigenvalue weighted by molar-refractivity contribution is 5.61. The van der Waals surface area contributed by atoms with Crippen molar-refractivity contribution in [3.63, 3.8) is 0 Å². The van der Waals surface area contributed by atoms with Crippen LogP contribution in [0.3, 0.4) is 0 Å². The maximum atomic E-state index is 13.6. The summed E-state index contributed by atoms with van der Waals surface area (Å²) in [4.78, 5) is 3.64. The molecule has 21 heavy (non-hydrogen) atoms. The first-order chi connectivity index (χ1) is 9.89. The number of hydrogen-bond acceptors (Lipinski definition) is 3. The first kappa shape index (κ1) is 14.8. The molecular weight excluding hydrogens is 288 g/mol. The van der Waals surface area contributed by atoms with E-state index in [1.807, 2.05) is 0 Å². The SMILES string of the molecule is N#CCc1ccc(-c2cccc(OC(F)(F)F)c2)nc1F. The average Bonchev–Trinajstić information content (AvgIpc) is 2.39. The normalized spacial score (nSPS) is 11.0. The summed E-state index contributed by atoms with van der Waals surface area (Å²) in [5, 5.41) is 8.51. The Morgan fingerprint density at radius 1 is 1.19 bits per heavy atom. The van der Waals surface area contributed by atoms with Gasteiger partial charge in [-0.15, -0.1) is 13.2 Å². The minimum Gasteiger partial charge on any atom is -0.406 e. The summed E-state index contributed by atoms with van der Waals surface area (Å²) in [5.41, 5.74) is 0.560. The molecule has 108 valence electrons. The van der Waals surface area contributed by atoms with Crippen molar-refractivity contribution in [1.29, 1.82) is 5.26 Å². The number of hydrogen-bond donors (Lipinski definition) is 0. The topological polar surface area (TPSA) is 45.9 Å². The third-order valence-electron chi connectivity index (χ3n) is 2.56. The molecule has 0 aliphatic carbocycles. The van der Waals surface area contributed by atoms with Gasteiger partial charge in [0.2, 0.25) is 5.95 Å². The van der Waals surface area contributed by atoms with Gasteiger partial charge in [-0.3, -0.25) is 0 Å². The molecule has 1 aromatic heterocycles. The largest absolute Gasteiger partial charge is 0.573 e. The summed E-state index contributed by atoms with van der Waals surface area (Å²) in [5.74, 6) is -1.24. The number of rotatable bonds is 3. The molecule has 0 spiro atoms. The van der Waals surface area contributed by atoms with Crippen LogP contribution in [0.1, 0.15) is 5.56 Å². The van der Waals surface area contributed by atoms with E-state index in [9.17, 15) is 17.6 Å². The van der Waals surface area contributed by atoms with Crippen LogP contribution >= 0.6 is 0 Å². The van der Waals surface area contributed by atoms with Crippen molar-refractivity contribution in [2.45, 2.75) is 12.8 Å². The second-order valence-corrected chi connectivity index (χ2v) is 4.06. The summed E-state index contributed by atoms with van der Waals surface area (Å²) < 4.78 is 53.9. The van der Waals surface area contributed by atoms with Crippen molar-refractivity contribution in [2.75, 3.05) is 0 Å². The molecule has 0 unspecified atom stereocenters. The van der Waals surface area contributed by atoms with E-state index in [1.165, 1.54) is 24.3 Å². The smallest absolute Gasteiger partial charge is 0.406 e. The molecule has 0 aliphatic rings. The summed E-state index contributed by atoms with van der Waals surface area (Å²) in [6, 6.07) is 9.67. The van der Waals surface area contributed by atoms with Crippen LogP contribution in [0.25, 0.3) is 11.3 Å². The van der Waals surface area contributed by atoms with Crippen LogP contribution in [-0.2, 0) is 6.42 Å². The van der Waals surface area contributed by atoms with Crippen molar-refractivity contribution < 1.29 is 22.3 Å². The second-order valence-electron chi connectivity index (χ2n) is 4.06. The van der Waals surface area contributed by atoms with E-state index in [0.29, 0.717) is 0 Å². The zero-order valence-corrected chi connectivity index (χ0v) is 10.5. The summed E-state index contributed by atoms with van der Waals surface area (Å²) >= 11 is 0. The summed E-state index contributed by atoms with van der Waals surface area (Å²) in [6.45, 7) is 0. The van der Waals surface area contributed by atoms with Crippen LogP contribution < -0.4 is 4.74 Å². The van der Waals surface area contributed by atoms with Gasteiger partial charge < -0.3 is 4.74 Å². The lowest BCUT2D eigenvalue weighted by Crippen LogP contribution is -2.17. The van der Waals surface area contributed by atoms with Crippen LogP contribution in [0.4, 0.5) is 17.6 Å². The number of ether oxygens (including phenoxy) is 1. The van der Waals surface area contributed by atoms with Gasteiger partial charge in [0.15, 0.2) is 0 Å². The Morgan fingerprint density at radius 2 is 1.95 bits per heavy atom. The fourth-order valence-corrected chi connectivity index (χ4v) is 1.69. The Labute approximate surface area is 117 Å². The molecular formula is C14H8F4N2O. The zero-order chi connectivity index (χ0) is 15.5. The standard InChI is InChI=1S/C14H8F4N2O/c15-13-9(6-7-19)4-5-12(20-13)10-2-1-3-11(8-10)21-14(16,17)18/h1-5,8H,6H2. The van der Waals surface area contributed by atoms with Crippen molar-refractivity contribution in [2.24, 2.45) is 0 Å². The first-order valence-electron chi connectivity index (χ1n) is 5.77. The maximum absolute atomic E-state index is 13.6. The maximum Gasteiger partial charge on any atom is 0.573 e. The number of benzene rings is 1. The van der Waals surface area contributed by atoms with Crippen molar-refractivity contribution in [3.05, 3.63) is 47.9 Å². The number of halogens is 4. The third kappa shape index (κ3) is 3.92. The van der Waals surface area contributed by atoms with Gasteiger partial charge in [-0.1, -0.05) is 18.2 Å². The minimum absolute atomic E-state index is 0.129. The molecule has 0 N–H and O–H groups in total. The number of alkyl halides is 3. The van der Waals surface area contributed by atoms with Crippen LogP contribution in [0.5, 0.6) is 5.75 Å². The number of pyridine rings is 1. The third-order valence-corrected chi connectivity index (χ3v) is 2.56. The molecule has 2 aromatic rings. The molecule has 0 radical (unpaired) electrons. The van der Waals surface area contributed by atoms with Crippen LogP contribution in [-0.4, -0.2) is 11.3 Å². The number of nitriles is 1. The molecule has 0 saturated heterocycles. The quantitative estimate of drug-likeness (QED) is 0.638. The predicted molar refractivity (Wildman–Crippen MR) is 65.6 cm³/mol. The average molecular weight is 296 g/mol. The van der Waals surface area contributed by atoms with Gasteiger partial charge in [-0.05, 0) is 18.2 Å². The minimum atomic E-state index is -4.80. The van der Waals surface area contributed by atoms with E-state index in [-0.39, 0.29) is 23.2 Å². The zero-order valence-electron chi connectivity index (χ0n) is 10.5. The highest BCUT2D eigenvalue weighted by Gasteiger charge is 2.31. The molecule has 0 amide bonds. The molecule has 7 heteroatoms. The fourth-order valence-electron chi connectivity index (χ4n) is 1.69. The molecule has 0 fully saturated rings. The van der Waals surface area contributed by atoms with Gasteiger partial charge in [0.25, 0.3) is 0 Å². The van der Waals surface area contributed by atoms with Crippen molar-refractivity contribution in [3.8, 4) is 23.1 Å². The van der Waals surface area contributed by atoms with Crippen molar-refractivity contribution in [1.82, 2.24) is 4.98 Å². The van der Waals surface area contributed by atoms with Gasteiger partial charge in [-0.2, -0.15) is 9.65 Å². The van der Waals surface area contributed by atoms with E-state index < -0.39 is 18.1 Å². The number of aromatic nitrogens is 1. The van der Waals surface area contributed by atoms with Gasteiger partial charge in [0, 0.05) is 11.1 Å². The summed E-state index contributed by atoms with van der Waals surface area (Å²) in [7, 11) is 0. The van der Waals surface area contributed by atoms with E-state index in [0.717, 1.165) is 12.1 Å². The van der Waals surface area contributed by atoms with E-state index in [2.05, 4.69) is 9.72 Å². The molecule has 0 atom stereocenters. The van der Waals surface area contributed by atoms with Crippen LogP contribution in [0.2, 0.25) is 0 Å². The first-order valence-corrected chi connectivity index (χ1v) is 5.77. The molecule has 1 heterocycles.